The van der Waals surface area contributed by atoms with Gasteiger partial charge in [-0.15, -0.1) is 0 Å². The Labute approximate surface area is 152 Å². The smallest absolute Gasteiger partial charge is 0.256 e. The number of aromatic nitrogens is 2. The Morgan fingerprint density at radius 3 is 2.73 bits per heavy atom. The van der Waals surface area contributed by atoms with Crippen LogP contribution in [0.1, 0.15) is 34.6 Å². The predicted octanol–water partition coefficient (Wildman–Crippen LogP) is 3.60. The van der Waals surface area contributed by atoms with Crippen molar-refractivity contribution in [2.24, 2.45) is 5.73 Å². The van der Waals surface area contributed by atoms with Crippen LogP contribution >= 0.6 is 0 Å². The Bertz CT molecular complexity index is 927. The molecule has 0 saturated carbocycles. The van der Waals surface area contributed by atoms with Gasteiger partial charge in [-0.25, -0.2) is 4.98 Å². The van der Waals surface area contributed by atoms with Crippen molar-refractivity contribution in [3.63, 3.8) is 0 Å². The van der Waals surface area contributed by atoms with Crippen LogP contribution in [0.2, 0.25) is 0 Å². The summed E-state index contributed by atoms with van der Waals surface area (Å²) < 4.78 is 2.10. The first-order chi connectivity index (χ1) is 12.8. The van der Waals surface area contributed by atoms with E-state index in [0.717, 1.165) is 54.1 Å². The van der Waals surface area contributed by atoms with Crippen LogP contribution in [0.4, 0.5) is 5.82 Å². The lowest BCUT2D eigenvalue weighted by Crippen LogP contribution is -2.18. The van der Waals surface area contributed by atoms with Gasteiger partial charge >= 0.3 is 0 Å². The number of imidazole rings is 1. The summed E-state index contributed by atoms with van der Waals surface area (Å²) in [5, 5.41) is 2.99. The SMILES string of the molecule is NCc1ccccc1-c1ccc(C(=O)Nc2cnc3n2CCCC3)cc1. The van der Waals surface area contributed by atoms with Gasteiger partial charge in [-0.05, 0) is 41.7 Å². The molecule has 5 nitrogen and oxygen atoms in total. The van der Waals surface area contributed by atoms with E-state index in [-0.39, 0.29) is 5.91 Å². The minimum atomic E-state index is -0.114. The minimum absolute atomic E-state index is 0.114. The van der Waals surface area contributed by atoms with Crippen LogP contribution in [0.3, 0.4) is 0 Å². The quantitative estimate of drug-likeness (QED) is 0.758. The molecule has 132 valence electrons. The summed E-state index contributed by atoms with van der Waals surface area (Å²) in [6.07, 6.45) is 5.02. The summed E-state index contributed by atoms with van der Waals surface area (Å²) in [4.78, 5) is 17.0. The predicted molar refractivity (Wildman–Crippen MR) is 103 cm³/mol. The van der Waals surface area contributed by atoms with Crippen LogP contribution in [0.25, 0.3) is 11.1 Å². The van der Waals surface area contributed by atoms with E-state index in [1.165, 1.54) is 0 Å². The monoisotopic (exact) mass is 346 g/mol. The Hall–Kier alpha value is -2.92. The van der Waals surface area contributed by atoms with Gasteiger partial charge in [-0.2, -0.15) is 0 Å². The number of amides is 1. The van der Waals surface area contributed by atoms with E-state index < -0.39 is 0 Å². The number of hydrogen-bond donors (Lipinski definition) is 2. The number of carbonyl (C=O) groups is 1. The third-order valence-corrected chi connectivity index (χ3v) is 4.91. The van der Waals surface area contributed by atoms with Gasteiger partial charge < -0.3 is 15.6 Å². The van der Waals surface area contributed by atoms with E-state index in [0.29, 0.717) is 12.1 Å². The van der Waals surface area contributed by atoms with E-state index in [1.807, 2.05) is 42.5 Å². The van der Waals surface area contributed by atoms with Crippen LogP contribution in [0, 0.1) is 0 Å². The summed E-state index contributed by atoms with van der Waals surface area (Å²) in [6, 6.07) is 15.7. The second-order valence-electron chi connectivity index (χ2n) is 6.56. The maximum atomic E-state index is 12.6. The van der Waals surface area contributed by atoms with Gasteiger partial charge in [-0.3, -0.25) is 4.79 Å². The molecule has 2 heterocycles. The van der Waals surface area contributed by atoms with Crippen LogP contribution in [0.15, 0.2) is 54.7 Å². The number of carbonyl (C=O) groups excluding carboxylic acids is 1. The van der Waals surface area contributed by atoms with Gasteiger partial charge in [-0.1, -0.05) is 36.4 Å². The lowest BCUT2D eigenvalue weighted by molar-refractivity contribution is 0.102. The van der Waals surface area contributed by atoms with Crippen molar-refractivity contribution in [1.82, 2.24) is 9.55 Å². The van der Waals surface area contributed by atoms with Gasteiger partial charge in [0.1, 0.15) is 11.6 Å². The number of anilines is 1. The molecule has 0 radical (unpaired) electrons. The molecule has 26 heavy (non-hydrogen) atoms. The average Bonchev–Trinajstić information content (AvgIpc) is 3.11. The van der Waals surface area contributed by atoms with Gasteiger partial charge in [0.2, 0.25) is 0 Å². The minimum Gasteiger partial charge on any atom is -0.326 e. The van der Waals surface area contributed by atoms with E-state index >= 15 is 0 Å². The number of aryl methyl sites for hydroxylation is 1. The molecule has 1 aliphatic rings. The van der Waals surface area contributed by atoms with Gasteiger partial charge in [0, 0.05) is 25.1 Å². The summed E-state index contributed by atoms with van der Waals surface area (Å²) in [5.74, 6) is 1.72. The summed E-state index contributed by atoms with van der Waals surface area (Å²) >= 11 is 0. The highest BCUT2D eigenvalue weighted by atomic mass is 16.1. The largest absolute Gasteiger partial charge is 0.326 e. The second kappa shape index (κ2) is 7.14. The maximum absolute atomic E-state index is 12.6. The zero-order valence-corrected chi connectivity index (χ0v) is 14.6. The number of fused-ring (bicyclic) bond motifs is 1. The number of hydrogen-bond acceptors (Lipinski definition) is 3. The zero-order valence-electron chi connectivity index (χ0n) is 14.6. The maximum Gasteiger partial charge on any atom is 0.256 e. The van der Waals surface area contributed by atoms with Crippen molar-refractivity contribution in [2.45, 2.75) is 32.4 Å². The fourth-order valence-corrected chi connectivity index (χ4v) is 3.49. The molecule has 0 aliphatic carbocycles. The van der Waals surface area contributed by atoms with Gasteiger partial charge in [0.05, 0.1) is 6.20 Å². The molecule has 4 rings (SSSR count). The molecule has 0 bridgehead atoms. The van der Waals surface area contributed by atoms with Crippen molar-refractivity contribution in [3.8, 4) is 11.1 Å². The van der Waals surface area contributed by atoms with E-state index in [2.05, 4.69) is 20.9 Å². The van der Waals surface area contributed by atoms with Crippen LogP contribution in [-0.4, -0.2) is 15.5 Å². The Kier molecular flexibility index (Phi) is 4.54. The lowest BCUT2D eigenvalue weighted by atomic mass is 9.98. The Morgan fingerprint density at radius 2 is 1.92 bits per heavy atom. The van der Waals surface area contributed by atoms with Crippen molar-refractivity contribution >= 4 is 11.7 Å². The van der Waals surface area contributed by atoms with Crippen molar-refractivity contribution in [3.05, 3.63) is 71.7 Å². The fourth-order valence-electron chi connectivity index (χ4n) is 3.49. The standard InChI is InChI=1S/C21H22N4O/c22-13-17-5-1-2-6-18(17)15-8-10-16(11-9-15)21(26)24-20-14-23-19-7-3-4-12-25(19)20/h1-2,5-6,8-11,14H,3-4,7,12-13,22H2,(H,24,26). The average molecular weight is 346 g/mol. The molecule has 0 fully saturated rings. The Morgan fingerprint density at radius 1 is 1.12 bits per heavy atom. The van der Waals surface area contributed by atoms with Crippen LogP contribution in [0.5, 0.6) is 0 Å². The highest BCUT2D eigenvalue weighted by molar-refractivity contribution is 6.04. The number of benzene rings is 2. The number of rotatable bonds is 4. The highest BCUT2D eigenvalue weighted by Gasteiger charge is 2.16. The first-order valence-corrected chi connectivity index (χ1v) is 9.00. The molecule has 2 aromatic carbocycles. The van der Waals surface area contributed by atoms with E-state index in [1.54, 1.807) is 6.20 Å². The Balaban J connectivity index is 1.53. The molecule has 0 atom stereocenters. The fraction of sp³-hybridized carbons (Fsp3) is 0.238. The van der Waals surface area contributed by atoms with Crippen LogP contribution in [-0.2, 0) is 19.5 Å². The summed E-state index contributed by atoms with van der Waals surface area (Å²) in [7, 11) is 0. The van der Waals surface area contributed by atoms with Crippen LogP contribution < -0.4 is 11.1 Å². The second-order valence-corrected chi connectivity index (χ2v) is 6.56. The number of nitrogens with zero attached hydrogens (tertiary/aromatic N) is 2. The molecular formula is C21H22N4O. The lowest BCUT2D eigenvalue weighted by Gasteiger charge is -2.16. The van der Waals surface area contributed by atoms with Gasteiger partial charge in [0.25, 0.3) is 5.91 Å². The summed E-state index contributed by atoms with van der Waals surface area (Å²) in [5.41, 5.74) is 9.71. The molecule has 0 saturated heterocycles. The van der Waals surface area contributed by atoms with E-state index in [9.17, 15) is 4.79 Å². The molecule has 1 amide bonds. The first kappa shape index (κ1) is 16.5. The molecule has 5 heteroatoms. The van der Waals surface area contributed by atoms with Crippen molar-refractivity contribution in [2.75, 3.05) is 5.32 Å². The molecule has 1 aliphatic heterocycles. The third-order valence-electron chi connectivity index (χ3n) is 4.91. The zero-order chi connectivity index (χ0) is 17.9. The molecular weight excluding hydrogens is 324 g/mol. The molecule has 3 N–H and O–H groups in total. The van der Waals surface area contributed by atoms with E-state index in [4.69, 9.17) is 5.73 Å². The van der Waals surface area contributed by atoms with Gasteiger partial charge in [0.15, 0.2) is 0 Å². The number of nitrogens with two attached hydrogens (primary N) is 1. The normalized spacial score (nSPS) is 13.3. The third kappa shape index (κ3) is 3.13. The molecule has 0 spiro atoms. The first-order valence-electron chi connectivity index (χ1n) is 9.00. The van der Waals surface area contributed by atoms with Crippen molar-refractivity contribution in [1.29, 1.82) is 0 Å². The molecule has 3 aromatic rings. The topological polar surface area (TPSA) is 72.9 Å². The number of nitrogens with one attached hydrogen (secondary N) is 1. The molecule has 0 unspecified atom stereocenters. The molecule has 1 aromatic heterocycles. The highest BCUT2D eigenvalue weighted by Crippen LogP contribution is 2.24. The summed E-state index contributed by atoms with van der Waals surface area (Å²) in [6.45, 7) is 1.41. The van der Waals surface area contributed by atoms with Crippen molar-refractivity contribution < 1.29 is 4.79 Å².